The zero-order valence-electron chi connectivity index (χ0n) is 21.6. The molecule has 3 aromatic rings. The number of nitrogens with zero attached hydrogens (tertiary/aromatic N) is 4. The lowest BCUT2D eigenvalue weighted by molar-refractivity contribution is -0.384. The van der Waals surface area contributed by atoms with Crippen molar-refractivity contribution in [2.45, 2.75) is 25.8 Å². The molecule has 1 N–H and O–H groups in total. The number of likely N-dealkylation sites (N-methyl/N-ethyl adjacent to an activating group) is 1. The van der Waals surface area contributed by atoms with Gasteiger partial charge in [-0.1, -0.05) is 50.2 Å². The molecule has 1 atom stereocenters. The van der Waals surface area contributed by atoms with E-state index in [1.54, 1.807) is 48.5 Å². The molecule has 0 bridgehead atoms. The molecule has 2 heterocycles. The second-order valence-corrected chi connectivity index (χ2v) is 9.37. The number of piperazine rings is 1. The standard InChI is InChI=1S/C29H30N5O4/c1-20(2)22-10-4-5-11-23(22)28-21(9-8-12-25(28)34(37)38)14-15-27(35)33-18-17-30-24(19-33)29(36)32(3)26-13-6-7-16-31-26/h4-11,13-16,20,24,30H,17-19H2,1-3H3/b15-14+. The number of carbonyl (C=O) groups is 2. The van der Waals surface area contributed by atoms with E-state index in [-0.39, 0.29) is 30.0 Å². The number of rotatable bonds is 7. The molecule has 9 nitrogen and oxygen atoms in total. The van der Waals surface area contributed by atoms with Crippen LogP contribution in [0, 0.1) is 16.2 Å². The molecule has 2 amide bonds. The first-order chi connectivity index (χ1) is 18.3. The molecule has 1 unspecified atom stereocenters. The summed E-state index contributed by atoms with van der Waals surface area (Å²) < 4.78 is 0. The third kappa shape index (κ3) is 5.78. The predicted octanol–water partition coefficient (Wildman–Crippen LogP) is 4.06. The van der Waals surface area contributed by atoms with Crippen LogP contribution in [0.1, 0.15) is 30.9 Å². The fraction of sp³-hybridized carbons (Fsp3) is 0.276. The average Bonchev–Trinajstić information content (AvgIpc) is 2.95. The topological polar surface area (TPSA) is 109 Å². The van der Waals surface area contributed by atoms with Crippen LogP contribution >= 0.6 is 0 Å². The largest absolute Gasteiger partial charge is 0.336 e. The number of anilines is 1. The summed E-state index contributed by atoms with van der Waals surface area (Å²) in [7, 11) is 1.66. The van der Waals surface area contributed by atoms with E-state index in [0.717, 1.165) is 11.1 Å². The maximum Gasteiger partial charge on any atom is 0.285 e. The maximum atomic E-state index is 13.2. The van der Waals surface area contributed by atoms with Gasteiger partial charge in [0, 0.05) is 39.0 Å². The van der Waals surface area contributed by atoms with Crippen molar-refractivity contribution in [2.24, 2.45) is 0 Å². The first-order valence-corrected chi connectivity index (χ1v) is 12.4. The van der Waals surface area contributed by atoms with Crippen LogP contribution in [0.5, 0.6) is 0 Å². The van der Waals surface area contributed by atoms with E-state index in [9.17, 15) is 19.7 Å². The van der Waals surface area contributed by atoms with Crippen molar-refractivity contribution in [1.29, 1.82) is 0 Å². The van der Waals surface area contributed by atoms with Crippen LogP contribution in [0.15, 0.2) is 66.9 Å². The minimum Gasteiger partial charge on any atom is -0.336 e. The van der Waals surface area contributed by atoms with E-state index in [4.69, 9.17) is 0 Å². The van der Waals surface area contributed by atoms with Gasteiger partial charge in [0.1, 0.15) is 11.9 Å². The summed E-state index contributed by atoms with van der Waals surface area (Å²) in [6, 6.07) is 18.3. The Balaban J connectivity index is 1.57. The second-order valence-electron chi connectivity index (χ2n) is 9.37. The lowest BCUT2D eigenvalue weighted by atomic mass is 9.89. The molecule has 1 radical (unpaired) electrons. The highest BCUT2D eigenvalue weighted by Crippen LogP contribution is 2.38. The molecule has 0 saturated carbocycles. The first-order valence-electron chi connectivity index (χ1n) is 12.4. The smallest absolute Gasteiger partial charge is 0.285 e. The van der Waals surface area contributed by atoms with Gasteiger partial charge in [0.15, 0.2) is 0 Å². The number of benzene rings is 2. The summed E-state index contributed by atoms with van der Waals surface area (Å²) >= 11 is 0. The van der Waals surface area contributed by atoms with Gasteiger partial charge in [0.25, 0.3) is 5.69 Å². The normalized spacial score (nSPS) is 15.6. The highest BCUT2D eigenvalue weighted by Gasteiger charge is 2.30. The molecule has 1 saturated heterocycles. The van der Waals surface area contributed by atoms with Gasteiger partial charge in [-0.25, -0.2) is 4.98 Å². The van der Waals surface area contributed by atoms with Crippen LogP contribution in [0.3, 0.4) is 0 Å². The van der Waals surface area contributed by atoms with E-state index in [0.29, 0.717) is 30.0 Å². The van der Waals surface area contributed by atoms with E-state index in [2.05, 4.69) is 16.4 Å². The molecule has 1 aliphatic rings. The monoisotopic (exact) mass is 512 g/mol. The molecular weight excluding hydrogens is 482 g/mol. The molecule has 0 spiro atoms. The number of pyridine rings is 1. The minimum atomic E-state index is -0.575. The van der Waals surface area contributed by atoms with Crippen LogP contribution in [0.4, 0.5) is 11.5 Å². The van der Waals surface area contributed by atoms with Crippen molar-refractivity contribution in [3.63, 3.8) is 0 Å². The minimum absolute atomic E-state index is 0.141. The summed E-state index contributed by atoms with van der Waals surface area (Å²) in [5.41, 5.74) is 2.55. The SMILES string of the molecule is CC(C)c1ccccc1-c1c([N+](=O)[O-])[c]ccc1/C=C/C(=O)N1CCNC(C(=O)N(C)c2ccccn2)C1. The van der Waals surface area contributed by atoms with Crippen LogP contribution < -0.4 is 10.2 Å². The Morgan fingerprint density at radius 2 is 1.97 bits per heavy atom. The predicted molar refractivity (Wildman–Crippen MR) is 147 cm³/mol. The van der Waals surface area contributed by atoms with Crippen molar-refractivity contribution >= 4 is 29.4 Å². The van der Waals surface area contributed by atoms with Crippen LogP contribution in [0.25, 0.3) is 17.2 Å². The zero-order valence-corrected chi connectivity index (χ0v) is 21.6. The van der Waals surface area contributed by atoms with Gasteiger partial charge in [-0.3, -0.25) is 24.6 Å². The van der Waals surface area contributed by atoms with E-state index >= 15 is 0 Å². The van der Waals surface area contributed by atoms with Gasteiger partial charge in [0.2, 0.25) is 11.8 Å². The number of nitrogens with one attached hydrogen (secondary N) is 1. The van der Waals surface area contributed by atoms with Gasteiger partial charge in [0.05, 0.1) is 16.6 Å². The van der Waals surface area contributed by atoms with Crippen molar-refractivity contribution < 1.29 is 14.5 Å². The second kappa shape index (κ2) is 11.8. The van der Waals surface area contributed by atoms with Crippen LogP contribution in [-0.4, -0.2) is 59.3 Å². The van der Waals surface area contributed by atoms with Crippen molar-refractivity contribution in [3.8, 4) is 11.1 Å². The van der Waals surface area contributed by atoms with Gasteiger partial charge >= 0.3 is 0 Å². The quantitative estimate of drug-likeness (QED) is 0.291. The Bertz CT molecular complexity index is 1360. The van der Waals surface area contributed by atoms with E-state index in [1.807, 2.05) is 38.1 Å². The van der Waals surface area contributed by atoms with Gasteiger partial charge in [-0.15, -0.1) is 0 Å². The Kier molecular flexibility index (Phi) is 8.28. The molecule has 0 aliphatic carbocycles. The molecule has 38 heavy (non-hydrogen) atoms. The number of hydrogen-bond acceptors (Lipinski definition) is 6. The Morgan fingerprint density at radius 1 is 1.21 bits per heavy atom. The lowest BCUT2D eigenvalue weighted by Gasteiger charge is -2.34. The number of aromatic nitrogens is 1. The summed E-state index contributed by atoms with van der Waals surface area (Å²) in [5.74, 6) is 0.207. The highest BCUT2D eigenvalue weighted by atomic mass is 16.6. The summed E-state index contributed by atoms with van der Waals surface area (Å²) in [6.07, 6.45) is 4.64. The number of nitro groups is 1. The molecule has 1 aromatic heterocycles. The number of nitro benzene ring substituents is 1. The summed E-state index contributed by atoms with van der Waals surface area (Å²) in [4.78, 5) is 44.9. The fourth-order valence-corrected chi connectivity index (χ4v) is 4.58. The molecule has 195 valence electrons. The first kappa shape index (κ1) is 26.7. The molecule has 2 aromatic carbocycles. The third-order valence-electron chi connectivity index (χ3n) is 6.56. The zero-order chi connectivity index (χ0) is 27.2. The molecular formula is C29H30N5O4. The fourth-order valence-electron chi connectivity index (χ4n) is 4.58. The van der Waals surface area contributed by atoms with Gasteiger partial charge in [-0.2, -0.15) is 0 Å². The van der Waals surface area contributed by atoms with Gasteiger partial charge in [-0.05, 0) is 46.9 Å². The van der Waals surface area contributed by atoms with Crippen molar-refractivity contribution in [2.75, 3.05) is 31.6 Å². The molecule has 1 aliphatic heterocycles. The third-order valence-corrected chi connectivity index (χ3v) is 6.56. The number of amides is 2. The average molecular weight is 513 g/mol. The molecule has 1 fully saturated rings. The van der Waals surface area contributed by atoms with Gasteiger partial charge < -0.3 is 10.2 Å². The molecule has 4 rings (SSSR count). The van der Waals surface area contributed by atoms with Crippen LogP contribution in [0.2, 0.25) is 0 Å². The maximum absolute atomic E-state index is 13.2. The molecule has 9 heteroatoms. The van der Waals surface area contributed by atoms with Crippen molar-refractivity contribution in [3.05, 3.63) is 94.2 Å². The number of hydrogen-bond donors (Lipinski definition) is 1. The number of carbonyl (C=O) groups excluding carboxylic acids is 2. The van der Waals surface area contributed by atoms with Crippen LogP contribution in [-0.2, 0) is 9.59 Å². The Morgan fingerprint density at radius 3 is 2.68 bits per heavy atom. The summed E-state index contributed by atoms with van der Waals surface area (Å²) in [5, 5.41) is 15.1. The van der Waals surface area contributed by atoms with Crippen molar-refractivity contribution in [1.82, 2.24) is 15.2 Å². The van der Waals surface area contributed by atoms with E-state index < -0.39 is 11.0 Å². The summed E-state index contributed by atoms with van der Waals surface area (Å²) in [6.45, 7) is 5.16. The Hall–Kier alpha value is -4.37. The highest BCUT2D eigenvalue weighted by molar-refractivity contribution is 5.98. The Labute approximate surface area is 221 Å². The lowest BCUT2D eigenvalue weighted by Crippen LogP contribution is -2.58. The van der Waals surface area contributed by atoms with E-state index in [1.165, 1.54) is 17.0 Å².